The third-order valence-corrected chi connectivity index (χ3v) is 3.41. The van der Waals surface area contributed by atoms with E-state index in [0.717, 1.165) is 6.42 Å². The number of anilines is 1. The van der Waals surface area contributed by atoms with E-state index in [0.29, 0.717) is 25.3 Å². The number of sulfonamides is 1. The van der Waals surface area contributed by atoms with Crippen molar-refractivity contribution in [3.8, 4) is 5.75 Å². The van der Waals surface area contributed by atoms with Crippen molar-refractivity contribution in [1.82, 2.24) is 0 Å². The molecule has 21 heavy (non-hydrogen) atoms. The third kappa shape index (κ3) is 6.41. The molecule has 8 nitrogen and oxygen atoms in total. The topological polar surface area (TPSA) is 125 Å². The van der Waals surface area contributed by atoms with Gasteiger partial charge in [0.1, 0.15) is 0 Å². The molecule has 0 radical (unpaired) electrons. The molecule has 1 rings (SSSR count). The molecular weight excluding hydrogens is 298 g/mol. The van der Waals surface area contributed by atoms with Crippen LogP contribution >= 0.6 is 0 Å². The van der Waals surface area contributed by atoms with E-state index in [1.54, 1.807) is 6.07 Å². The molecule has 0 fully saturated rings. The number of nitrogens with one attached hydrogen (secondary N) is 1. The molecule has 118 valence electrons. The van der Waals surface area contributed by atoms with Crippen LogP contribution in [0.5, 0.6) is 5.75 Å². The van der Waals surface area contributed by atoms with Crippen molar-refractivity contribution in [2.45, 2.75) is 19.8 Å². The highest BCUT2D eigenvalue weighted by Gasteiger charge is 2.15. The van der Waals surface area contributed by atoms with Crippen molar-refractivity contribution in [2.24, 2.45) is 5.14 Å². The van der Waals surface area contributed by atoms with Crippen LogP contribution < -0.4 is 15.2 Å². The number of nitrogens with two attached hydrogens (primary N) is 1. The molecule has 0 spiro atoms. The minimum atomic E-state index is -3.47. The molecule has 1 aromatic carbocycles. The van der Waals surface area contributed by atoms with Crippen molar-refractivity contribution in [1.29, 1.82) is 0 Å². The van der Waals surface area contributed by atoms with Crippen LogP contribution in [-0.4, -0.2) is 32.2 Å². The lowest BCUT2D eigenvalue weighted by Crippen LogP contribution is -2.18. The van der Waals surface area contributed by atoms with Gasteiger partial charge >= 0.3 is 5.69 Å². The van der Waals surface area contributed by atoms with Crippen LogP contribution in [0.3, 0.4) is 0 Å². The zero-order valence-corrected chi connectivity index (χ0v) is 12.6. The molecule has 3 N–H and O–H groups in total. The van der Waals surface area contributed by atoms with Crippen LogP contribution in [0, 0.1) is 10.1 Å². The summed E-state index contributed by atoms with van der Waals surface area (Å²) in [7, 11) is -3.47. The first-order valence-corrected chi connectivity index (χ1v) is 8.20. The SMILES string of the molecule is CCCOc1cc(NCCCS(N)(=O)=O)ccc1[N+](=O)[O-]. The number of nitrogens with zero attached hydrogens (tertiary/aromatic N) is 1. The number of ether oxygens (including phenoxy) is 1. The predicted octanol–water partition coefficient (Wildman–Crippen LogP) is 1.47. The van der Waals surface area contributed by atoms with Gasteiger partial charge in [0.2, 0.25) is 10.0 Å². The fourth-order valence-corrected chi connectivity index (χ4v) is 2.16. The van der Waals surface area contributed by atoms with Crippen LogP contribution in [0.15, 0.2) is 18.2 Å². The first-order chi connectivity index (χ1) is 9.83. The van der Waals surface area contributed by atoms with E-state index in [1.807, 2.05) is 6.92 Å². The summed E-state index contributed by atoms with van der Waals surface area (Å²) in [5, 5.41) is 18.8. The van der Waals surface area contributed by atoms with E-state index in [4.69, 9.17) is 9.88 Å². The molecular formula is C12H19N3O5S. The van der Waals surface area contributed by atoms with Crippen LogP contribution in [0.2, 0.25) is 0 Å². The van der Waals surface area contributed by atoms with Crippen molar-refractivity contribution < 1.29 is 18.1 Å². The third-order valence-electron chi connectivity index (χ3n) is 2.55. The lowest BCUT2D eigenvalue weighted by Gasteiger charge is -2.09. The standard InChI is InChI=1S/C12H19N3O5S/c1-2-7-20-12-9-10(4-5-11(12)15(16)17)14-6-3-8-21(13,18)19/h4-5,9,14H,2-3,6-8H2,1H3,(H2,13,18,19). The van der Waals surface area contributed by atoms with E-state index in [9.17, 15) is 18.5 Å². The number of hydrogen-bond acceptors (Lipinski definition) is 6. The Labute approximate surface area is 123 Å². The van der Waals surface area contributed by atoms with E-state index in [1.165, 1.54) is 12.1 Å². The molecule has 0 aromatic heterocycles. The smallest absolute Gasteiger partial charge is 0.311 e. The number of hydrogen-bond donors (Lipinski definition) is 2. The normalized spacial score (nSPS) is 11.1. The van der Waals surface area contributed by atoms with Crippen molar-refractivity contribution in [3.05, 3.63) is 28.3 Å². The maximum atomic E-state index is 10.9. The molecule has 0 unspecified atom stereocenters. The van der Waals surface area contributed by atoms with E-state index >= 15 is 0 Å². The summed E-state index contributed by atoms with van der Waals surface area (Å²) in [6.07, 6.45) is 1.09. The van der Waals surface area contributed by atoms with Crippen LogP contribution in [-0.2, 0) is 10.0 Å². The second-order valence-corrected chi connectivity index (χ2v) is 6.17. The van der Waals surface area contributed by atoms with Gasteiger partial charge < -0.3 is 10.1 Å². The zero-order valence-electron chi connectivity index (χ0n) is 11.7. The molecule has 0 aliphatic heterocycles. The summed E-state index contributed by atoms with van der Waals surface area (Å²) < 4.78 is 26.9. The summed E-state index contributed by atoms with van der Waals surface area (Å²) in [6.45, 7) is 2.68. The van der Waals surface area contributed by atoms with Gasteiger partial charge in [0.25, 0.3) is 0 Å². The van der Waals surface area contributed by atoms with Gasteiger partial charge in [-0.25, -0.2) is 13.6 Å². The first-order valence-electron chi connectivity index (χ1n) is 6.49. The number of benzene rings is 1. The maximum absolute atomic E-state index is 10.9. The second-order valence-electron chi connectivity index (χ2n) is 4.44. The molecule has 0 amide bonds. The van der Waals surface area contributed by atoms with Crippen LogP contribution in [0.25, 0.3) is 0 Å². The van der Waals surface area contributed by atoms with Gasteiger partial charge in [0.15, 0.2) is 5.75 Å². The Bertz CT molecular complexity index is 589. The number of rotatable bonds is 9. The summed E-state index contributed by atoms with van der Waals surface area (Å²) >= 11 is 0. The molecule has 0 heterocycles. The molecule has 0 aliphatic rings. The van der Waals surface area contributed by atoms with E-state index in [-0.39, 0.29) is 17.2 Å². The van der Waals surface area contributed by atoms with Gasteiger partial charge in [-0.2, -0.15) is 0 Å². The molecule has 0 bridgehead atoms. The molecule has 9 heteroatoms. The quantitative estimate of drug-likeness (QED) is 0.404. The summed E-state index contributed by atoms with van der Waals surface area (Å²) in [4.78, 5) is 10.4. The Hall–Kier alpha value is -1.87. The summed E-state index contributed by atoms with van der Waals surface area (Å²) in [6, 6.07) is 4.44. The average Bonchev–Trinajstić information content (AvgIpc) is 2.40. The minimum absolute atomic E-state index is 0.0986. The molecule has 0 saturated carbocycles. The van der Waals surface area contributed by atoms with Crippen molar-refractivity contribution >= 4 is 21.4 Å². The molecule has 0 aliphatic carbocycles. The second kappa shape index (κ2) is 7.79. The molecule has 0 atom stereocenters. The Morgan fingerprint density at radius 1 is 1.43 bits per heavy atom. The van der Waals surface area contributed by atoms with E-state index < -0.39 is 14.9 Å². The van der Waals surface area contributed by atoms with Crippen molar-refractivity contribution in [2.75, 3.05) is 24.2 Å². The molecule has 1 aromatic rings. The highest BCUT2D eigenvalue weighted by molar-refractivity contribution is 7.89. The monoisotopic (exact) mass is 317 g/mol. The largest absolute Gasteiger partial charge is 0.487 e. The summed E-state index contributed by atoms with van der Waals surface area (Å²) in [5.74, 6) is 0.0740. The fourth-order valence-electron chi connectivity index (χ4n) is 1.61. The highest BCUT2D eigenvalue weighted by Crippen LogP contribution is 2.30. The van der Waals surface area contributed by atoms with E-state index in [2.05, 4.69) is 5.32 Å². The Balaban J connectivity index is 2.68. The van der Waals surface area contributed by atoms with Crippen LogP contribution in [0.4, 0.5) is 11.4 Å². The lowest BCUT2D eigenvalue weighted by molar-refractivity contribution is -0.385. The predicted molar refractivity (Wildman–Crippen MR) is 80.0 cm³/mol. The number of nitro groups is 1. The molecule has 0 saturated heterocycles. The van der Waals surface area contributed by atoms with Gasteiger partial charge in [-0.1, -0.05) is 6.92 Å². The van der Waals surface area contributed by atoms with Gasteiger partial charge in [-0.15, -0.1) is 0 Å². The number of nitro benzene ring substituents is 1. The van der Waals surface area contributed by atoms with Gasteiger partial charge in [-0.05, 0) is 18.9 Å². The van der Waals surface area contributed by atoms with Gasteiger partial charge in [-0.3, -0.25) is 10.1 Å². The average molecular weight is 317 g/mol. The van der Waals surface area contributed by atoms with Gasteiger partial charge in [0, 0.05) is 24.4 Å². The Kier molecular flexibility index (Phi) is 6.38. The van der Waals surface area contributed by atoms with Crippen molar-refractivity contribution in [3.63, 3.8) is 0 Å². The summed E-state index contributed by atoms with van der Waals surface area (Å²) in [5.41, 5.74) is 0.527. The Morgan fingerprint density at radius 3 is 2.71 bits per heavy atom. The number of primary sulfonamides is 1. The minimum Gasteiger partial charge on any atom is -0.487 e. The lowest BCUT2D eigenvalue weighted by atomic mass is 10.2. The fraction of sp³-hybridized carbons (Fsp3) is 0.500. The maximum Gasteiger partial charge on any atom is 0.311 e. The first kappa shape index (κ1) is 17.2. The van der Waals surface area contributed by atoms with Gasteiger partial charge in [0.05, 0.1) is 17.3 Å². The van der Waals surface area contributed by atoms with Crippen LogP contribution in [0.1, 0.15) is 19.8 Å². The highest BCUT2D eigenvalue weighted by atomic mass is 32.2. The Morgan fingerprint density at radius 2 is 2.14 bits per heavy atom. The zero-order chi connectivity index (χ0) is 15.9.